The Hall–Kier alpha value is -0.770. The molecule has 0 aromatic rings. The molecular formula is C12H26N4. The van der Waals surface area contributed by atoms with E-state index in [1.165, 1.54) is 32.4 Å². The van der Waals surface area contributed by atoms with Gasteiger partial charge in [0, 0.05) is 12.1 Å². The smallest absolute Gasteiger partial charge is 0.188 e. The summed E-state index contributed by atoms with van der Waals surface area (Å²) in [5.41, 5.74) is 5.77. The standard InChI is InChI=1S/C12H26N4/c1-10(2)15-12(13)14-9-11(3)16-7-5-4-6-8-16/h10-11H,4-9H2,1-3H3,(H3,13,14,15). The van der Waals surface area contributed by atoms with Gasteiger partial charge >= 0.3 is 0 Å². The van der Waals surface area contributed by atoms with E-state index in [1.807, 2.05) is 0 Å². The van der Waals surface area contributed by atoms with Crippen LogP contribution in [0, 0.1) is 0 Å². The molecule has 0 spiro atoms. The molecule has 0 bridgehead atoms. The maximum absolute atomic E-state index is 5.77. The molecule has 94 valence electrons. The minimum absolute atomic E-state index is 0.356. The van der Waals surface area contributed by atoms with Crippen molar-refractivity contribution in [1.82, 2.24) is 10.2 Å². The minimum Gasteiger partial charge on any atom is -0.370 e. The highest BCUT2D eigenvalue weighted by atomic mass is 15.2. The molecule has 4 nitrogen and oxygen atoms in total. The van der Waals surface area contributed by atoms with Crippen molar-refractivity contribution in [3.63, 3.8) is 0 Å². The van der Waals surface area contributed by atoms with Gasteiger partial charge in [-0.05, 0) is 46.7 Å². The quantitative estimate of drug-likeness (QED) is 0.559. The first-order chi connectivity index (χ1) is 7.59. The van der Waals surface area contributed by atoms with Crippen LogP contribution in [0.25, 0.3) is 0 Å². The highest BCUT2D eigenvalue weighted by Crippen LogP contribution is 2.11. The van der Waals surface area contributed by atoms with Crippen LogP contribution >= 0.6 is 0 Å². The zero-order chi connectivity index (χ0) is 12.0. The Morgan fingerprint density at radius 1 is 1.25 bits per heavy atom. The normalized spacial score (nSPS) is 21.1. The number of aliphatic imine (C=N–C) groups is 1. The molecule has 1 aliphatic rings. The number of nitrogens with one attached hydrogen (secondary N) is 1. The van der Waals surface area contributed by atoms with Gasteiger partial charge in [0.2, 0.25) is 0 Å². The molecule has 0 amide bonds. The molecule has 1 heterocycles. The Balaban J connectivity index is 2.29. The molecule has 0 aromatic heterocycles. The molecule has 1 aliphatic heterocycles. The largest absolute Gasteiger partial charge is 0.370 e. The topological polar surface area (TPSA) is 53.6 Å². The summed E-state index contributed by atoms with van der Waals surface area (Å²) in [7, 11) is 0. The summed E-state index contributed by atoms with van der Waals surface area (Å²) >= 11 is 0. The van der Waals surface area contributed by atoms with Crippen molar-refractivity contribution < 1.29 is 0 Å². The van der Waals surface area contributed by atoms with E-state index in [0.29, 0.717) is 18.0 Å². The zero-order valence-corrected chi connectivity index (χ0v) is 10.9. The van der Waals surface area contributed by atoms with Crippen molar-refractivity contribution in [3.05, 3.63) is 0 Å². The molecule has 0 aromatic carbocycles. The fourth-order valence-electron chi connectivity index (χ4n) is 2.05. The third-order valence-corrected chi connectivity index (χ3v) is 2.98. The second kappa shape index (κ2) is 6.74. The van der Waals surface area contributed by atoms with Crippen molar-refractivity contribution in [2.24, 2.45) is 10.7 Å². The Bertz CT molecular complexity index is 219. The Morgan fingerprint density at radius 2 is 1.88 bits per heavy atom. The van der Waals surface area contributed by atoms with E-state index in [-0.39, 0.29) is 0 Å². The molecule has 1 fully saturated rings. The van der Waals surface area contributed by atoms with Crippen LogP contribution in [0.1, 0.15) is 40.0 Å². The SMILES string of the molecule is CC(C)NC(N)=NCC(C)N1CCCCC1. The maximum Gasteiger partial charge on any atom is 0.188 e. The molecule has 0 radical (unpaired) electrons. The first-order valence-electron chi connectivity index (χ1n) is 6.40. The lowest BCUT2D eigenvalue weighted by Crippen LogP contribution is -2.41. The van der Waals surface area contributed by atoms with Gasteiger partial charge in [-0.2, -0.15) is 0 Å². The Kier molecular flexibility index (Phi) is 5.60. The van der Waals surface area contributed by atoms with Crippen LogP contribution in [0.5, 0.6) is 0 Å². The number of nitrogens with zero attached hydrogens (tertiary/aromatic N) is 2. The predicted octanol–water partition coefficient (Wildman–Crippen LogP) is 1.17. The van der Waals surface area contributed by atoms with Crippen LogP contribution in [-0.4, -0.2) is 42.6 Å². The number of likely N-dealkylation sites (tertiary alicyclic amines) is 1. The van der Waals surface area contributed by atoms with Crippen molar-refractivity contribution in [2.45, 2.75) is 52.1 Å². The first kappa shape index (κ1) is 13.3. The maximum atomic E-state index is 5.77. The van der Waals surface area contributed by atoms with Gasteiger partial charge in [-0.3, -0.25) is 9.89 Å². The number of hydrogen-bond acceptors (Lipinski definition) is 2. The molecule has 0 aliphatic carbocycles. The fourth-order valence-corrected chi connectivity index (χ4v) is 2.05. The summed E-state index contributed by atoms with van der Waals surface area (Å²) in [6.07, 6.45) is 4.03. The number of guanidine groups is 1. The minimum atomic E-state index is 0.356. The average molecular weight is 226 g/mol. The van der Waals surface area contributed by atoms with Crippen LogP contribution in [0.4, 0.5) is 0 Å². The summed E-state index contributed by atoms with van der Waals surface area (Å²) in [5, 5.41) is 3.11. The van der Waals surface area contributed by atoms with Crippen molar-refractivity contribution >= 4 is 5.96 Å². The Morgan fingerprint density at radius 3 is 2.44 bits per heavy atom. The monoisotopic (exact) mass is 226 g/mol. The van der Waals surface area contributed by atoms with Gasteiger partial charge in [-0.15, -0.1) is 0 Å². The predicted molar refractivity (Wildman–Crippen MR) is 69.6 cm³/mol. The first-order valence-corrected chi connectivity index (χ1v) is 6.40. The summed E-state index contributed by atoms with van der Waals surface area (Å²) in [6.45, 7) is 9.60. The second-order valence-electron chi connectivity index (χ2n) is 4.97. The van der Waals surface area contributed by atoms with E-state index in [9.17, 15) is 0 Å². The molecule has 1 saturated heterocycles. The molecule has 1 atom stereocenters. The molecule has 3 N–H and O–H groups in total. The van der Waals surface area contributed by atoms with E-state index in [2.05, 4.69) is 36.0 Å². The van der Waals surface area contributed by atoms with Crippen molar-refractivity contribution in [2.75, 3.05) is 19.6 Å². The van der Waals surface area contributed by atoms with Gasteiger partial charge in [0.15, 0.2) is 5.96 Å². The summed E-state index contributed by atoms with van der Waals surface area (Å²) in [6, 6.07) is 0.863. The van der Waals surface area contributed by atoms with Gasteiger partial charge in [-0.25, -0.2) is 0 Å². The van der Waals surface area contributed by atoms with Crippen molar-refractivity contribution in [3.8, 4) is 0 Å². The molecule has 16 heavy (non-hydrogen) atoms. The van der Waals surface area contributed by atoms with Gasteiger partial charge in [0.1, 0.15) is 0 Å². The van der Waals surface area contributed by atoms with Crippen LogP contribution in [0.3, 0.4) is 0 Å². The molecular weight excluding hydrogens is 200 g/mol. The van der Waals surface area contributed by atoms with Crippen LogP contribution in [0.15, 0.2) is 4.99 Å². The summed E-state index contributed by atoms with van der Waals surface area (Å²) < 4.78 is 0. The lowest BCUT2D eigenvalue weighted by atomic mass is 10.1. The second-order valence-corrected chi connectivity index (χ2v) is 4.97. The molecule has 0 saturated carbocycles. The zero-order valence-electron chi connectivity index (χ0n) is 10.9. The molecule has 1 unspecified atom stereocenters. The van der Waals surface area contributed by atoms with Gasteiger partial charge in [-0.1, -0.05) is 6.42 Å². The number of piperidine rings is 1. The van der Waals surface area contributed by atoms with E-state index in [1.54, 1.807) is 0 Å². The van der Waals surface area contributed by atoms with E-state index >= 15 is 0 Å². The molecule has 1 rings (SSSR count). The number of rotatable bonds is 4. The van der Waals surface area contributed by atoms with E-state index in [4.69, 9.17) is 5.73 Å². The van der Waals surface area contributed by atoms with Crippen LogP contribution in [0.2, 0.25) is 0 Å². The molecule has 4 heteroatoms. The third kappa shape index (κ3) is 4.84. The number of nitrogens with two attached hydrogens (primary N) is 1. The average Bonchev–Trinajstić information content (AvgIpc) is 2.26. The highest BCUT2D eigenvalue weighted by Gasteiger charge is 2.15. The highest BCUT2D eigenvalue weighted by molar-refractivity contribution is 5.78. The third-order valence-electron chi connectivity index (χ3n) is 2.98. The van der Waals surface area contributed by atoms with E-state index in [0.717, 1.165) is 6.54 Å². The summed E-state index contributed by atoms with van der Waals surface area (Å²) in [5.74, 6) is 0.568. The number of hydrogen-bond donors (Lipinski definition) is 2. The van der Waals surface area contributed by atoms with Gasteiger partial charge < -0.3 is 11.1 Å². The van der Waals surface area contributed by atoms with Gasteiger partial charge in [0.05, 0.1) is 6.54 Å². The Labute approximate surface area is 99.3 Å². The van der Waals surface area contributed by atoms with E-state index < -0.39 is 0 Å². The van der Waals surface area contributed by atoms with Gasteiger partial charge in [0.25, 0.3) is 0 Å². The van der Waals surface area contributed by atoms with Crippen LogP contribution in [-0.2, 0) is 0 Å². The van der Waals surface area contributed by atoms with Crippen LogP contribution < -0.4 is 11.1 Å². The summed E-state index contributed by atoms with van der Waals surface area (Å²) in [4.78, 5) is 6.89. The van der Waals surface area contributed by atoms with Crippen molar-refractivity contribution in [1.29, 1.82) is 0 Å². The fraction of sp³-hybridized carbons (Fsp3) is 0.917. The lowest BCUT2D eigenvalue weighted by molar-refractivity contribution is 0.178. The lowest BCUT2D eigenvalue weighted by Gasteiger charge is -2.31.